The SMILES string of the molecule is Cc1cc(C)cc(N(CCCC(=O)N(Cc2cccc(Br)c2)C(Cc2ccccc2)C(=O)NC2CCCC2)S(C)(=O)=O)c1. The molecule has 1 unspecified atom stereocenters. The Morgan fingerprint density at radius 2 is 1.58 bits per heavy atom. The molecule has 0 heterocycles. The highest BCUT2D eigenvalue weighted by molar-refractivity contribution is 9.10. The van der Waals surface area contributed by atoms with E-state index < -0.39 is 16.1 Å². The van der Waals surface area contributed by atoms with E-state index in [-0.39, 0.29) is 37.4 Å². The number of aryl methyl sites for hydroxylation is 2. The number of halogens is 1. The van der Waals surface area contributed by atoms with Gasteiger partial charge in [0.25, 0.3) is 0 Å². The van der Waals surface area contributed by atoms with Crippen molar-refractivity contribution in [2.24, 2.45) is 0 Å². The number of hydrogen-bond acceptors (Lipinski definition) is 4. The highest BCUT2D eigenvalue weighted by atomic mass is 79.9. The Morgan fingerprint density at radius 3 is 2.21 bits per heavy atom. The van der Waals surface area contributed by atoms with Gasteiger partial charge in [0, 0.05) is 36.4 Å². The van der Waals surface area contributed by atoms with Crippen molar-refractivity contribution in [2.75, 3.05) is 17.1 Å². The van der Waals surface area contributed by atoms with Crippen LogP contribution in [0.3, 0.4) is 0 Å². The van der Waals surface area contributed by atoms with Crippen molar-refractivity contribution in [1.29, 1.82) is 0 Å². The normalized spacial score (nSPS) is 14.3. The van der Waals surface area contributed by atoms with Crippen molar-refractivity contribution in [3.05, 3.63) is 99.5 Å². The van der Waals surface area contributed by atoms with Crippen LogP contribution in [0, 0.1) is 13.8 Å². The Morgan fingerprint density at radius 1 is 0.930 bits per heavy atom. The third kappa shape index (κ3) is 9.66. The Kier molecular flexibility index (Phi) is 11.4. The number of amides is 2. The average molecular weight is 669 g/mol. The van der Waals surface area contributed by atoms with Crippen molar-refractivity contribution >= 4 is 43.5 Å². The van der Waals surface area contributed by atoms with E-state index in [2.05, 4.69) is 21.2 Å². The summed E-state index contributed by atoms with van der Waals surface area (Å²) in [6, 6.07) is 22.6. The van der Waals surface area contributed by atoms with Gasteiger partial charge in [0.2, 0.25) is 21.8 Å². The quantitative estimate of drug-likeness (QED) is 0.231. The lowest BCUT2D eigenvalue weighted by molar-refractivity contribution is -0.141. The van der Waals surface area contributed by atoms with Gasteiger partial charge in [0.15, 0.2) is 0 Å². The van der Waals surface area contributed by atoms with Gasteiger partial charge in [0.05, 0.1) is 11.9 Å². The second-order valence-corrected chi connectivity index (χ2v) is 14.5. The third-order valence-corrected chi connectivity index (χ3v) is 9.55. The second-order valence-electron chi connectivity index (χ2n) is 11.6. The largest absolute Gasteiger partial charge is 0.352 e. The molecule has 0 aromatic heterocycles. The minimum absolute atomic E-state index is 0.104. The van der Waals surface area contributed by atoms with Gasteiger partial charge in [-0.3, -0.25) is 13.9 Å². The lowest BCUT2D eigenvalue weighted by atomic mass is 10.0. The number of hydrogen-bond donors (Lipinski definition) is 1. The van der Waals surface area contributed by atoms with E-state index in [0.29, 0.717) is 18.5 Å². The number of nitrogens with one attached hydrogen (secondary N) is 1. The molecule has 4 rings (SSSR count). The molecule has 0 aliphatic heterocycles. The minimum atomic E-state index is -3.57. The third-order valence-electron chi connectivity index (χ3n) is 7.86. The van der Waals surface area contributed by atoms with Crippen molar-refractivity contribution in [1.82, 2.24) is 10.2 Å². The highest BCUT2D eigenvalue weighted by Gasteiger charge is 2.32. The molecule has 7 nitrogen and oxygen atoms in total. The summed E-state index contributed by atoms with van der Waals surface area (Å²) in [5.74, 6) is -0.330. The first-order valence-electron chi connectivity index (χ1n) is 14.9. The van der Waals surface area contributed by atoms with E-state index >= 15 is 0 Å². The Bertz CT molecular complexity index is 1490. The maximum atomic E-state index is 14.0. The summed E-state index contributed by atoms with van der Waals surface area (Å²) in [6.07, 6.45) is 6.07. The maximum absolute atomic E-state index is 14.0. The molecule has 0 spiro atoms. The number of carbonyl (C=O) groups excluding carboxylic acids is 2. The number of anilines is 1. The summed E-state index contributed by atoms with van der Waals surface area (Å²) in [6.45, 7) is 4.30. The van der Waals surface area contributed by atoms with Gasteiger partial charge in [-0.05, 0) is 79.6 Å². The molecule has 3 aromatic carbocycles. The Balaban J connectivity index is 1.59. The summed E-state index contributed by atoms with van der Waals surface area (Å²) < 4.78 is 27.8. The molecule has 0 saturated heterocycles. The fourth-order valence-corrected chi connectivity index (χ4v) is 7.25. The van der Waals surface area contributed by atoms with Crippen LogP contribution in [0.2, 0.25) is 0 Å². The van der Waals surface area contributed by atoms with Gasteiger partial charge in [0.1, 0.15) is 6.04 Å². The van der Waals surface area contributed by atoms with Gasteiger partial charge in [-0.2, -0.15) is 0 Å². The summed E-state index contributed by atoms with van der Waals surface area (Å²) in [4.78, 5) is 29.6. The number of carbonyl (C=O) groups is 2. The zero-order valence-corrected chi connectivity index (χ0v) is 27.7. The summed E-state index contributed by atoms with van der Waals surface area (Å²) in [5, 5.41) is 3.23. The van der Waals surface area contributed by atoms with Crippen molar-refractivity contribution < 1.29 is 18.0 Å². The van der Waals surface area contributed by atoms with E-state index in [1.807, 2.05) is 86.6 Å². The van der Waals surface area contributed by atoms with Crippen LogP contribution >= 0.6 is 15.9 Å². The minimum Gasteiger partial charge on any atom is -0.352 e. The van der Waals surface area contributed by atoms with Crippen LogP contribution in [0.15, 0.2) is 77.3 Å². The molecule has 9 heteroatoms. The summed E-state index contributed by atoms with van der Waals surface area (Å²) >= 11 is 3.53. The second kappa shape index (κ2) is 15.0. The fourth-order valence-electron chi connectivity index (χ4n) is 5.85. The number of nitrogens with zero attached hydrogens (tertiary/aromatic N) is 2. The van der Waals surface area contributed by atoms with E-state index in [1.54, 1.807) is 4.90 Å². The van der Waals surface area contributed by atoms with Gasteiger partial charge in [-0.1, -0.05) is 77.3 Å². The molecule has 1 fully saturated rings. The average Bonchev–Trinajstić information content (AvgIpc) is 3.45. The molecule has 1 saturated carbocycles. The first-order valence-corrected chi connectivity index (χ1v) is 17.6. The molecule has 0 radical (unpaired) electrons. The van der Waals surface area contributed by atoms with Crippen LogP contribution < -0.4 is 9.62 Å². The standard InChI is InChI=1S/C34H42BrN3O4S/c1-25-19-26(2)21-31(20-25)38(43(3,41)42)18-10-17-33(39)37(24-28-13-9-14-29(35)22-28)32(23-27-11-5-4-6-12-27)34(40)36-30-15-7-8-16-30/h4-6,9,11-14,19-22,30,32H,7-8,10,15-18,23-24H2,1-3H3,(H,36,40). The van der Waals surface area contributed by atoms with Crippen LogP contribution in [0.25, 0.3) is 0 Å². The Labute approximate surface area is 264 Å². The smallest absolute Gasteiger partial charge is 0.243 e. The fraction of sp³-hybridized carbons (Fsp3) is 0.412. The van der Waals surface area contributed by atoms with Gasteiger partial charge in [-0.25, -0.2) is 8.42 Å². The van der Waals surface area contributed by atoms with Gasteiger partial charge < -0.3 is 10.2 Å². The molecule has 0 bridgehead atoms. The van der Waals surface area contributed by atoms with Crippen molar-refractivity contribution in [3.8, 4) is 0 Å². The predicted octanol–water partition coefficient (Wildman–Crippen LogP) is 6.31. The van der Waals surface area contributed by atoms with E-state index in [4.69, 9.17) is 0 Å². The van der Waals surface area contributed by atoms with Crippen LogP contribution in [0.1, 0.15) is 60.8 Å². The molecule has 1 aliphatic carbocycles. The summed E-state index contributed by atoms with van der Waals surface area (Å²) in [7, 11) is -3.57. The molecular formula is C34H42BrN3O4S. The Hall–Kier alpha value is -3.17. The number of rotatable bonds is 13. The van der Waals surface area contributed by atoms with Crippen LogP contribution in [-0.4, -0.2) is 50.0 Å². The topological polar surface area (TPSA) is 86.8 Å². The van der Waals surface area contributed by atoms with Gasteiger partial charge >= 0.3 is 0 Å². The van der Waals surface area contributed by atoms with E-state index in [1.165, 1.54) is 10.6 Å². The van der Waals surface area contributed by atoms with Crippen molar-refractivity contribution in [3.63, 3.8) is 0 Å². The maximum Gasteiger partial charge on any atom is 0.243 e. The highest BCUT2D eigenvalue weighted by Crippen LogP contribution is 2.24. The molecule has 2 amide bonds. The lowest BCUT2D eigenvalue weighted by Gasteiger charge is -2.33. The molecule has 1 aliphatic rings. The van der Waals surface area contributed by atoms with Crippen LogP contribution in [0.5, 0.6) is 0 Å². The summed E-state index contributed by atoms with van der Waals surface area (Å²) in [5.41, 5.74) is 4.41. The lowest BCUT2D eigenvalue weighted by Crippen LogP contribution is -2.52. The zero-order chi connectivity index (χ0) is 31.0. The van der Waals surface area contributed by atoms with E-state index in [0.717, 1.165) is 52.4 Å². The molecule has 1 N–H and O–H groups in total. The number of benzene rings is 3. The van der Waals surface area contributed by atoms with Crippen LogP contribution in [-0.2, 0) is 32.6 Å². The molecule has 230 valence electrons. The predicted molar refractivity (Wildman–Crippen MR) is 176 cm³/mol. The first kappa shape index (κ1) is 32.7. The molecular weight excluding hydrogens is 626 g/mol. The molecule has 43 heavy (non-hydrogen) atoms. The zero-order valence-electron chi connectivity index (χ0n) is 25.3. The van der Waals surface area contributed by atoms with Crippen molar-refractivity contribution in [2.45, 2.75) is 77.4 Å². The van der Waals surface area contributed by atoms with Crippen LogP contribution in [0.4, 0.5) is 5.69 Å². The first-order chi connectivity index (χ1) is 20.5. The number of sulfonamides is 1. The molecule has 1 atom stereocenters. The monoisotopic (exact) mass is 667 g/mol. The van der Waals surface area contributed by atoms with Gasteiger partial charge in [-0.15, -0.1) is 0 Å². The van der Waals surface area contributed by atoms with E-state index in [9.17, 15) is 18.0 Å². The molecule has 3 aromatic rings.